The van der Waals surface area contributed by atoms with Gasteiger partial charge in [-0.2, -0.15) is 5.10 Å². The first-order valence-electron chi connectivity index (χ1n) is 7.63. The van der Waals surface area contributed by atoms with E-state index in [4.69, 9.17) is 0 Å². The van der Waals surface area contributed by atoms with E-state index in [1.807, 2.05) is 36.4 Å². The molecule has 118 valence electrons. The second-order valence-electron chi connectivity index (χ2n) is 5.89. The van der Waals surface area contributed by atoms with Gasteiger partial charge in [-0.3, -0.25) is 5.10 Å². The molecule has 1 aliphatic heterocycles. The molecule has 1 aliphatic rings. The first-order valence-corrected chi connectivity index (χ1v) is 9.24. The molecule has 0 saturated carbocycles. The Bertz CT molecular complexity index is 683. The first-order chi connectivity index (χ1) is 10.6. The molecule has 0 spiro atoms. The van der Waals surface area contributed by atoms with Crippen molar-refractivity contribution >= 4 is 10.0 Å². The van der Waals surface area contributed by atoms with E-state index >= 15 is 0 Å². The molecule has 5 nitrogen and oxygen atoms in total. The minimum absolute atomic E-state index is 0.0879. The van der Waals surface area contributed by atoms with Gasteiger partial charge in [0.1, 0.15) is 0 Å². The van der Waals surface area contributed by atoms with Crippen molar-refractivity contribution in [3.8, 4) is 0 Å². The van der Waals surface area contributed by atoms with E-state index < -0.39 is 10.0 Å². The second-order valence-corrected chi connectivity index (χ2v) is 7.86. The minimum atomic E-state index is -3.24. The van der Waals surface area contributed by atoms with Crippen LogP contribution in [-0.2, 0) is 22.2 Å². The van der Waals surface area contributed by atoms with Crippen molar-refractivity contribution in [1.82, 2.24) is 14.5 Å². The van der Waals surface area contributed by atoms with Gasteiger partial charge in [-0.25, -0.2) is 12.7 Å². The van der Waals surface area contributed by atoms with Crippen LogP contribution in [0.15, 0.2) is 42.6 Å². The number of sulfonamides is 1. The van der Waals surface area contributed by atoms with Gasteiger partial charge >= 0.3 is 0 Å². The van der Waals surface area contributed by atoms with E-state index in [2.05, 4.69) is 10.2 Å². The Balaban J connectivity index is 1.65. The first kappa shape index (κ1) is 15.2. The SMILES string of the molecule is O=S(=O)(Cc1ccccc1)N1CCCC(Cc2ccn[nH]2)C1. The number of nitrogens with one attached hydrogen (secondary N) is 1. The standard InChI is InChI=1S/C16H21N3O2S/c20-22(21,13-14-5-2-1-3-6-14)19-10-4-7-15(12-19)11-16-8-9-17-18-16/h1-3,5-6,8-9,15H,4,7,10-13H2,(H,17,18). The Morgan fingerprint density at radius 1 is 1.23 bits per heavy atom. The van der Waals surface area contributed by atoms with Crippen LogP contribution in [-0.4, -0.2) is 36.0 Å². The van der Waals surface area contributed by atoms with Crippen LogP contribution >= 0.6 is 0 Å². The monoisotopic (exact) mass is 319 g/mol. The van der Waals surface area contributed by atoms with E-state index in [-0.39, 0.29) is 5.75 Å². The third kappa shape index (κ3) is 3.75. The lowest BCUT2D eigenvalue weighted by Gasteiger charge is -2.31. The van der Waals surface area contributed by atoms with E-state index in [1.165, 1.54) is 0 Å². The molecule has 22 heavy (non-hydrogen) atoms. The summed E-state index contributed by atoms with van der Waals surface area (Å²) < 4.78 is 26.9. The molecule has 0 aliphatic carbocycles. The van der Waals surface area contributed by atoms with Crippen molar-refractivity contribution < 1.29 is 8.42 Å². The van der Waals surface area contributed by atoms with Gasteiger partial charge in [-0.1, -0.05) is 30.3 Å². The van der Waals surface area contributed by atoms with Gasteiger partial charge in [-0.15, -0.1) is 0 Å². The fourth-order valence-electron chi connectivity index (χ4n) is 3.03. The molecular formula is C16H21N3O2S. The smallest absolute Gasteiger partial charge is 0.218 e. The highest BCUT2D eigenvalue weighted by molar-refractivity contribution is 7.88. The second kappa shape index (κ2) is 6.62. The van der Waals surface area contributed by atoms with Gasteiger partial charge in [0.15, 0.2) is 0 Å². The number of H-pyrrole nitrogens is 1. The largest absolute Gasteiger partial charge is 0.283 e. The normalized spacial score (nSPS) is 20.1. The molecule has 1 fully saturated rings. The summed E-state index contributed by atoms with van der Waals surface area (Å²) in [5.74, 6) is 0.449. The quantitative estimate of drug-likeness (QED) is 0.919. The molecule has 0 amide bonds. The summed E-state index contributed by atoms with van der Waals surface area (Å²) in [6.45, 7) is 1.24. The molecule has 1 aromatic carbocycles. The van der Waals surface area contributed by atoms with Crippen LogP contribution < -0.4 is 0 Å². The topological polar surface area (TPSA) is 66.1 Å². The number of benzene rings is 1. The average molecular weight is 319 g/mol. The lowest BCUT2D eigenvalue weighted by atomic mass is 9.95. The van der Waals surface area contributed by atoms with E-state index in [0.717, 1.165) is 30.5 Å². The Morgan fingerprint density at radius 3 is 2.77 bits per heavy atom. The average Bonchev–Trinajstić information content (AvgIpc) is 3.01. The predicted octanol–water partition coefficient (Wildman–Crippen LogP) is 2.19. The Kier molecular flexibility index (Phi) is 4.59. The van der Waals surface area contributed by atoms with Gasteiger partial charge in [0, 0.05) is 25.0 Å². The minimum Gasteiger partial charge on any atom is -0.283 e. The van der Waals surface area contributed by atoms with E-state index in [9.17, 15) is 8.42 Å². The maximum absolute atomic E-state index is 12.6. The van der Waals surface area contributed by atoms with Gasteiger partial charge < -0.3 is 0 Å². The highest BCUT2D eigenvalue weighted by Crippen LogP contribution is 2.23. The zero-order valence-corrected chi connectivity index (χ0v) is 13.3. The van der Waals surface area contributed by atoms with Crippen molar-refractivity contribution in [3.05, 3.63) is 53.9 Å². The summed E-state index contributed by atoms with van der Waals surface area (Å²) in [6, 6.07) is 11.3. The van der Waals surface area contributed by atoms with Gasteiger partial charge in [0.2, 0.25) is 10.0 Å². The number of hydrogen-bond donors (Lipinski definition) is 1. The third-order valence-electron chi connectivity index (χ3n) is 4.13. The number of rotatable bonds is 5. The molecule has 1 atom stereocenters. The molecular weight excluding hydrogens is 298 g/mol. The molecule has 1 unspecified atom stereocenters. The molecule has 1 N–H and O–H groups in total. The Labute approximate surface area is 131 Å². The molecule has 0 radical (unpaired) electrons. The maximum Gasteiger partial charge on any atom is 0.218 e. The van der Waals surface area contributed by atoms with Crippen molar-refractivity contribution in [2.45, 2.75) is 25.0 Å². The number of hydrogen-bond acceptors (Lipinski definition) is 3. The zero-order chi connectivity index (χ0) is 15.4. The van der Waals surface area contributed by atoms with Gasteiger partial charge in [0.05, 0.1) is 5.75 Å². The summed E-state index contributed by atoms with van der Waals surface area (Å²) in [7, 11) is -3.24. The molecule has 6 heteroatoms. The van der Waals surface area contributed by atoms with Gasteiger partial charge in [0.25, 0.3) is 0 Å². The molecule has 1 saturated heterocycles. The zero-order valence-electron chi connectivity index (χ0n) is 12.5. The van der Waals surface area contributed by atoms with Crippen molar-refractivity contribution in [2.24, 2.45) is 5.92 Å². The predicted molar refractivity (Wildman–Crippen MR) is 85.7 cm³/mol. The van der Waals surface area contributed by atoms with Crippen LogP contribution in [0.2, 0.25) is 0 Å². The highest BCUT2D eigenvalue weighted by Gasteiger charge is 2.29. The number of nitrogens with zero attached hydrogens (tertiary/aromatic N) is 2. The molecule has 0 bridgehead atoms. The van der Waals surface area contributed by atoms with Crippen molar-refractivity contribution in [3.63, 3.8) is 0 Å². The summed E-state index contributed by atoms with van der Waals surface area (Å²) in [5.41, 5.74) is 1.92. The molecule has 2 aromatic rings. The summed E-state index contributed by atoms with van der Waals surface area (Å²) in [6.07, 6.45) is 4.59. The van der Waals surface area contributed by atoms with Crippen LogP contribution in [0.5, 0.6) is 0 Å². The fourth-order valence-corrected chi connectivity index (χ4v) is 4.67. The van der Waals surface area contributed by atoms with Crippen LogP contribution in [0.1, 0.15) is 24.1 Å². The van der Waals surface area contributed by atoms with Crippen molar-refractivity contribution in [1.29, 1.82) is 0 Å². The number of aromatic amines is 1. The van der Waals surface area contributed by atoms with Gasteiger partial charge in [-0.05, 0) is 36.8 Å². The Hall–Kier alpha value is -1.66. The maximum atomic E-state index is 12.6. The fraction of sp³-hybridized carbons (Fsp3) is 0.438. The number of piperidine rings is 1. The van der Waals surface area contributed by atoms with Crippen molar-refractivity contribution in [2.75, 3.05) is 13.1 Å². The van der Waals surface area contributed by atoms with E-state index in [0.29, 0.717) is 19.0 Å². The molecule has 3 rings (SSSR count). The third-order valence-corrected chi connectivity index (χ3v) is 5.95. The summed E-state index contributed by atoms with van der Waals surface area (Å²) in [5, 5.41) is 6.91. The number of aromatic nitrogens is 2. The van der Waals surface area contributed by atoms with Crippen LogP contribution in [0.3, 0.4) is 0 Å². The molecule has 2 heterocycles. The van der Waals surface area contributed by atoms with E-state index in [1.54, 1.807) is 10.5 Å². The lowest BCUT2D eigenvalue weighted by Crippen LogP contribution is -2.41. The van der Waals surface area contributed by atoms with Crippen LogP contribution in [0, 0.1) is 5.92 Å². The summed E-state index contributed by atoms with van der Waals surface area (Å²) >= 11 is 0. The lowest BCUT2D eigenvalue weighted by molar-refractivity contribution is 0.264. The molecule has 1 aromatic heterocycles. The highest BCUT2D eigenvalue weighted by atomic mass is 32.2. The van der Waals surface area contributed by atoms with Crippen LogP contribution in [0.4, 0.5) is 0 Å². The summed E-state index contributed by atoms with van der Waals surface area (Å²) in [4.78, 5) is 0. The van der Waals surface area contributed by atoms with Crippen LogP contribution in [0.25, 0.3) is 0 Å². The Morgan fingerprint density at radius 2 is 2.05 bits per heavy atom.